The molecular formula is C20H31N5S. The zero-order chi connectivity index (χ0) is 18.7. The van der Waals surface area contributed by atoms with Crippen LogP contribution in [0.25, 0.3) is 0 Å². The van der Waals surface area contributed by atoms with Gasteiger partial charge in [-0.25, -0.2) is 15.0 Å². The second-order valence-electron chi connectivity index (χ2n) is 8.47. The fourth-order valence-electron chi connectivity index (χ4n) is 3.16. The number of rotatable bonds is 4. The van der Waals surface area contributed by atoms with Crippen molar-refractivity contribution < 1.29 is 0 Å². The number of aromatic nitrogens is 3. The Bertz CT molecular complexity index is 705. The van der Waals surface area contributed by atoms with E-state index in [1.807, 2.05) is 5.51 Å². The number of nitrogens with zero attached hydrogens (tertiary/aromatic N) is 5. The van der Waals surface area contributed by atoms with E-state index in [4.69, 9.17) is 9.97 Å². The molecular weight excluding hydrogens is 342 g/mol. The van der Waals surface area contributed by atoms with Gasteiger partial charge in [0, 0.05) is 55.5 Å². The summed E-state index contributed by atoms with van der Waals surface area (Å²) >= 11 is 1.67. The molecule has 0 radical (unpaired) electrons. The Labute approximate surface area is 161 Å². The van der Waals surface area contributed by atoms with Crippen LogP contribution in [-0.2, 0) is 12.0 Å². The zero-order valence-corrected chi connectivity index (χ0v) is 17.5. The Hall–Kier alpha value is -1.53. The lowest BCUT2D eigenvalue weighted by atomic mass is 9.91. The lowest BCUT2D eigenvalue weighted by Crippen LogP contribution is -2.31. The van der Waals surface area contributed by atoms with E-state index in [0.717, 1.165) is 56.5 Å². The van der Waals surface area contributed by atoms with Crippen LogP contribution < -0.4 is 4.90 Å². The molecule has 0 aliphatic carbocycles. The highest BCUT2D eigenvalue weighted by atomic mass is 32.1. The minimum absolute atomic E-state index is 0.0316. The highest BCUT2D eigenvalue weighted by Gasteiger charge is 2.22. The molecule has 3 heterocycles. The molecule has 6 heteroatoms. The lowest BCUT2D eigenvalue weighted by molar-refractivity contribution is 0.282. The van der Waals surface area contributed by atoms with Crippen molar-refractivity contribution in [2.24, 2.45) is 0 Å². The average Bonchev–Trinajstić information content (AvgIpc) is 2.98. The van der Waals surface area contributed by atoms with Crippen molar-refractivity contribution in [1.29, 1.82) is 0 Å². The highest BCUT2D eigenvalue weighted by Crippen LogP contribution is 2.26. The molecule has 0 saturated carbocycles. The van der Waals surface area contributed by atoms with E-state index in [0.29, 0.717) is 5.92 Å². The number of hydrogen-bond acceptors (Lipinski definition) is 6. The van der Waals surface area contributed by atoms with E-state index < -0.39 is 0 Å². The fraction of sp³-hybridized carbons (Fsp3) is 0.650. The first-order valence-electron chi connectivity index (χ1n) is 9.57. The maximum atomic E-state index is 4.90. The molecule has 0 atom stereocenters. The molecule has 2 aromatic rings. The van der Waals surface area contributed by atoms with E-state index >= 15 is 0 Å². The first-order valence-corrected chi connectivity index (χ1v) is 10.5. The molecule has 26 heavy (non-hydrogen) atoms. The third kappa shape index (κ3) is 4.80. The molecule has 3 rings (SSSR count). The minimum atomic E-state index is 0.0316. The van der Waals surface area contributed by atoms with Gasteiger partial charge in [0.1, 0.15) is 11.6 Å². The van der Waals surface area contributed by atoms with Gasteiger partial charge in [0.05, 0.1) is 16.9 Å². The van der Waals surface area contributed by atoms with Crippen LogP contribution in [0, 0.1) is 0 Å². The van der Waals surface area contributed by atoms with Gasteiger partial charge in [0.2, 0.25) is 0 Å². The normalized spacial score (nSPS) is 16.9. The summed E-state index contributed by atoms with van der Waals surface area (Å²) in [7, 11) is 0. The Morgan fingerprint density at radius 3 is 2.58 bits per heavy atom. The monoisotopic (exact) mass is 373 g/mol. The molecule has 0 amide bonds. The standard InChI is InChI=1S/C20H31N5S/c1-15(2)19-22-17(20(3,4)5)11-18(23-19)25-8-6-7-24(9-10-25)12-16-13-26-14-21-16/h11,13-15H,6-10,12H2,1-5H3. The highest BCUT2D eigenvalue weighted by molar-refractivity contribution is 7.07. The summed E-state index contributed by atoms with van der Waals surface area (Å²) in [6.45, 7) is 16.2. The van der Waals surface area contributed by atoms with Gasteiger partial charge in [-0.15, -0.1) is 11.3 Å². The van der Waals surface area contributed by atoms with E-state index in [1.54, 1.807) is 11.3 Å². The molecule has 0 aromatic carbocycles. The van der Waals surface area contributed by atoms with Crippen molar-refractivity contribution in [2.45, 2.75) is 58.9 Å². The second-order valence-corrected chi connectivity index (χ2v) is 9.19. The van der Waals surface area contributed by atoms with Crippen LogP contribution in [0.3, 0.4) is 0 Å². The van der Waals surface area contributed by atoms with Crippen molar-refractivity contribution in [1.82, 2.24) is 19.9 Å². The van der Waals surface area contributed by atoms with Gasteiger partial charge in [-0.05, 0) is 6.42 Å². The molecule has 0 unspecified atom stereocenters. The molecule has 142 valence electrons. The molecule has 5 nitrogen and oxygen atoms in total. The summed E-state index contributed by atoms with van der Waals surface area (Å²) in [5.41, 5.74) is 4.27. The Morgan fingerprint density at radius 1 is 1.12 bits per heavy atom. The van der Waals surface area contributed by atoms with Crippen molar-refractivity contribution in [3.8, 4) is 0 Å². The number of thiazole rings is 1. The molecule has 1 saturated heterocycles. The summed E-state index contributed by atoms with van der Waals surface area (Å²) in [4.78, 5) is 19.1. The lowest BCUT2D eigenvalue weighted by Gasteiger charge is -2.26. The Morgan fingerprint density at radius 2 is 1.92 bits per heavy atom. The van der Waals surface area contributed by atoms with Crippen LogP contribution in [0.4, 0.5) is 5.82 Å². The Kier molecular flexibility index (Phi) is 5.92. The van der Waals surface area contributed by atoms with Crippen LogP contribution in [0.2, 0.25) is 0 Å². The molecule has 1 aliphatic rings. The summed E-state index contributed by atoms with van der Waals surface area (Å²) < 4.78 is 0. The van der Waals surface area contributed by atoms with E-state index in [1.165, 1.54) is 5.69 Å². The van der Waals surface area contributed by atoms with Gasteiger partial charge >= 0.3 is 0 Å². The summed E-state index contributed by atoms with van der Waals surface area (Å²) in [6.07, 6.45) is 1.15. The van der Waals surface area contributed by atoms with Crippen LogP contribution in [0.5, 0.6) is 0 Å². The maximum absolute atomic E-state index is 4.90. The first kappa shape index (κ1) is 19.2. The van der Waals surface area contributed by atoms with Crippen LogP contribution in [0.15, 0.2) is 17.0 Å². The van der Waals surface area contributed by atoms with Gasteiger partial charge in [0.25, 0.3) is 0 Å². The Balaban J connectivity index is 1.76. The smallest absolute Gasteiger partial charge is 0.133 e. The predicted octanol–water partition coefficient (Wildman–Crippen LogP) is 4.07. The van der Waals surface area contributed by atoms with Gasteiger partial charge in [0.15, 0.2) is 0 Å². The largest absolute Gasteiger partial charge is 0.355 e. The molecule has 1 aliphatic heterocycles. The zero-order valence-electron chi connectivity index (χ0n) is 16.7. The minimum Gasteiger partial charge on any atom is -0.355 e. The summed E-state index contributed by atoms with van der Waals surface area (Å²) in [5, 5.41) is 2.15. The second kappa shape index (κ2) is 8.01. The van der Waals surface area contributed by atoms with Crippen LogP contribution >= 0.6 is 11.3 Å². The van der Waals surface area contributed by atoms with Crippen LogP contribution in [-0.4, -0.2) is 46.0 Å². The molecule has 1 fully saturated rings. The van der Waals surface area contributed by atoms with Crippen molar-refractivity contribution in [3.05, 3.63) is 34.2 Å². The summed E-state index contributed by atoms with van der Waals surface area (Å²) in [5.74, 6) is 2.38. The first-order chi connectivity index (χ1) is 12.3. The molecule has 0 bridgehead atoms. The third-order valence-corrected chi connectivity index (χ3v) is 5.43. The van der Waals surface area contributed by atoms with E-state index in [9.17, 15) is 0 Å². The van der Waals surface area contributed by atoms with Gasteiger partial charge in [-0.3, -0.25) is 4.90 Å². The molecule has 0 spiro atoms. The van der Waals surface area contributed by atoms with E-state index in [-0.39, 0.29) is 5.41 Å². The summed E-state index contributed by atoms with van der Waals surface area (Å²) in [6, 6.07) is 2.20. The van der Waals surface area contributed by atoms with E-state index in [2.05, 4.69) is 60.8 Å². The maximum Gasteiger partial charge on any atom is 0.133 e. The predicted molar refractivity (Wildman–Crippen MR) is 109 cm³/mol. The van der Waals surface area contributed by atoms with Gasteiger partial charge < -0.3 is 4.90 Å². The SMILES string of the molecule is CC(C)c1nc(N2CCCN(Cc3cscn3)CC2)cc(C(C)(C)C)n1. The topological polar surface area (TPSA) is 45.2 Å². The number of anilines is 1. The van der Waals surface area contributed by atoms with Crippen molar-refractivity contribution in [2.75, 3.05) is 31.1 Å². The van der Waals surface area contributed by atoms with Crippen molar-refractivity contribution >= 4 is 17.2 Å². The van der Waals surface area contributed by atoms with Gasteiger partial charge in [-0.1, -0.05) is 34.6 Å². The average molecular weight is 374 g/mol. The molecule has 2 aromatic heterocycles. The van der Waals surface area contributed by atoms with Crippen LogP contribution in [0.1, 0.15) is 64.2 Å². The van der Waals surface area contributed by atoms with Gasteiger partial charge in [-0.2, -0.15) is 0 Å². The quantitative estimate of drug-likeness (QED) is 0.808. The van der Waals surface area contributed by atoms with Crippen molar-refractivity contribution in [3.63, 3.8) is 0 Å². The molecule has 0 N–H and O–H groups in total. The third-order valence-electron chi connectivity index (χ3n) is 4.80. The fourth-order valence-corrected chi connectivity index (χ4v) is 3.71. The number of hydrogen-bond donors (Lipinski definition) is 0.